The Morgan fingerprint density at radius 1 is 1.38 bits per heavy atom. The summed E-state index contributed by atoms with van der Waals surface area (Å²) in [5, 5.41) is 9.83. The van der Waals surface area contributed by atoms with Crippen LogP contribution in [0.2, 0.25) is 0 Å². The van der Waals surface area contributed by atoms with Crippen molar-refractivity contribution in [3.63, 3.8) is 0 Å². The molecule has 0 spiro atoms. The Hall–Kier alpha value is -0.900. The Balaban J connectivity index is 1.69. The molecule has 88 valence electrons. The topological polar surface area (TPSA) is 38.7 Å². The second kappa shape index (κ2) is 5.99. The van der Waals surface area contributed by atoms with Crippen molar-refractivity contribution in [3.8, 4) is 0 Å². The van der Waals surface area contributed by atoms with Gasteiger partial charge < -0.3 is 14.6 Å². The highest BCUT2D eigenvalue weighted by atomic mass is 16.5. The van der Waals surface area contributed by atoms with Crippen molar-refractivity contribution in [2.75, 3.05) is 19.8 Å². The molecule has 1 aliphatic rings. The predicted octanol–water partition coefficient (Wildman–Crippen LogP) is 1.92. The van der Waals surface area contributed by atoms with Gasteiger partial charge in [0.2, 0.25) is 0 Å². The number of rotatable bonds is 5. The van der Waals surface area contributed by atoms with Crippen molar-refractivity contribution < 1.29 is 14.6 Å². The average molecular weight is 222 g/mol. The Bertz CT molecular complexity index is 293. The predicted molar refractivity (Wildman–Crippen MR) is 61.2 cm³/mol. The molecule has 0 amide bonds. The fourth-order valence-electron chi connectivity index (χ4n) is 1.86. The molecule has 1 heterocycles. The number of benzene rings is 1. The van der Waals surface area contributed by atoms with Gasteiger partial charge in [0, 0.05) is 6.61 Å². The first kappa shape index (κ1) is 11.6. The highest BCUT2D eigenvalue weighted by Gasteiger charge is 2.16. The van der Waals surface area contributed by atoms with E-state index >= 15 is 0 Å². The van der Waals surface area contributed by atoms with Gasteiger partial charge in [-0.25, -0.2) is 0 Å². The van der Waals surface area contributed by atoms with E-state index < -0.39 is 6.10 Å². The molecule has 1 aromatic carbocycles. The van der Waals surface area contributed by atoms with Crippen LogP contribution in [-0.4, -0.2) is 31.0 Å². The summed E-state index contributed by atoms with van der Waals surface area (Å²) in [6.45, 7) is 1.77. The Morgan fingerprint density at radius 2 is 2.19 bits per heavy atom. The minimum Gasteiger partial charge on any atom is -0.386 e. The van der Waals surface area contributed by atoms with Gasteiger partial charge in [0.25, 0.3) is 0 Å². The number of aliphatic hydroxyl groups is 1. The van der Waals surface area contributed by atoms with Crippen LogP contribution >= 0.6 is 0 Å². The minimum absolute atomic E-state index is 0.225. The van der Waals surface area contributed by atoms with E-state index in [0.717, 1.165) is 25.0 Å². The molecule has 0 bridgehead atoms. The van der Waals surface area contributed by atoms with Gasteiger partial charge in [-0.2, -0.15) is 0 Å². The summed E-state index contributed by atoms with van der Waals surface area (Å²) in [7, 11) is 0. The zero-order valence-corrected chi connectivity index (χ0v) is 9.34. The second-order valence-corrected chi connectivity index (χ2v) is 4.10. The lowest BCUT2D eigenvalue weighted by atomic mass is 10.1. The van der Waals surface area contributed by atoms with E-state index in [-0.39, 0.29) is 6.10 Å². The molecule has 2 atom stereocenters. The maximum Gasteiger partial charge on any atom is 0.102 e. The van der Waals surface area contributed by atoms with E-state index in [1.165, 1.54) is 0 Å². The highest BCUT2D eigenvalue weighted by molar-refractivity contribution is 5.17. The minimum atomic E-state index is -0.539. The molecule has 0 aromatic heterocycles. The lowest BCUT2D eigenvalue weighted by molar-refractivity contribution is -0.0176. The maximum absolute atomic E-state index is 9.83. The van der Waals surface area contributed by atoms with Gasteiger partial charge in [0.15, 0.2) is 0 Å². The fraction of sp³-hybridized carbons (Fsp3) is 0.538. The van der Waals surface area contributed by atoms with Crippen LogP contribution in [0.3, 0.4) is 0 Å². The first-order chi connectivity index (χ1) is 7.86. The molecule has 1 fully saturated rings. The summed E-state index contributed by atoms with van der Waals surface area (Å²) >= 11 is 0. The van der Waals surface area contributed by atoms with Crippen LogP contribution in [0.25, 0.3) is 0 Å². The largest absolute Gasteiger partial charge is 0.386 e. The van der Waals surface area contributed by atoms with Crippen LogP contribution in [0, 0.1) is 0 Å². The van der Waals surface area contributed by atoms with Crippen LogP contribution in [-0.2, 0) is 9.47 Å². The van der Waals surface area contributed by atoms with Gasteiger partial charge in [-0.05, 0) is 18.4 Å². The van der Waals surface area contributed by atoms with Gasteiger partial charge in [-0.15, -0.1) is 0 Å². The summed E-state index contributed by atoms with van der Waals surface area (Å²) < 4.78 is 10.9. The van der Waals surface area contributed by atoms with E-state index in [9.17, 15) is 5.11 Å². The molecular weight excluding hydrogens is 204 g/mol. The monoisotopic (exact) mass is 222 g/mol. The Kier molecular flexibility index (Phi) is 4.34. The number of hydrogen-bond acceptors (Lipinski definition) is 3. The Labute approximate surface area is 96.0 Å². The molecule has 1 N–H and O–H groups in total. The molecule has 1 aliphatic heterocycles. The van der Waals surface area contributed by atoms with Crippen LogP contribution < -0.4 is 0 Å². The molecule has 0 radical (unpaired) electrons. The van der Waals surface area contributed by atoms with Crippen LogP contribution in [0.5, 0.6) is 0 Å². The average Bonchev–Trinajstić information content (AvgIpc) is 2.83. The summed E-state index contributed by atoms with van der Waals surface area (Å²) in [5.74, 6) is 0. The molecule has 0 aliphatic carbocycles. The maximum atomic E-state index is 9.83. The number of aliphatic hydroxyl groups excluding tert-OH is 1. The molecule has 3 nitrogen and oxygen atoms in total. The lowest BCUT2D eigenvalue weighted by Crippen LogP contribution is -2.17. The first-order valence-corrected chi connectivity index (χ1v) is 5.78. The van der Waals surface area contributed by atoms with Gasteiger partial charge in [-0.1, -0.05) is 30.3 Å². The molecule has 2 unspecified atom stereocenters. The molecule has 3 heteroatoms. The molecule has 1 saturated heterocycles. The van der Waals surface area contributed by atoms with E-state index in [0.29, 0.717) is 13.2 Å². The smallest absolute Gasteiger partial charge is 0.102 e. The van der Waals surface area contributed by atoms with Crippen molar-refractivity contribution in [2.24, 2.45) is 0 Å². The summed E-state index contributed by atoms with van der Waals surface area (Å²) in [5.41, 5.74) is 0.898. The van der Waals surface area contributed by atoms with Gasteiger partial charge in [-0.3, -0.25) is 0 Å². The summed E-state index contributed by atoms with van der Waals surface area (Å²) in [6, 6.07) is 9.57. The van der Waals surface area contributed by atoms with E-state index in [1.807, 2.05) is 30.3 Å². The summed E-state index contributed by atoms with van der Waals surface area (Å²) in [4.78, 5) is 0. The van der Waals surface area contributed by atoms with Gasteiger partial charge >= 0.3 is 0 Å². The van der Waals surface area contributed by atoms with Gasteiger partial charge in [0.05, 0.1) is 19.3 Å². The fourth-order valence-corrected chi connectivity index (χ4v) is 1.86. The quantitative estimate of drug-likeness (QED) is 0.827. The second-order valence-electron chi connectivity index (χ2n) is 4.10. The summed E-state index contributed by atoms with van der Waals surface area (Å²) in [6.07, 6.45) is 1.88. The Morgan fingerprint density at radius 3 is 2.88 bits per heavy atom. The third-order valence-corrected chi connectivity index (χ3v) is 2.79. The molecule has 16 heavy (non-hydrogen) atoms. The third kappa shape index (κ3) is 3.30. The molecule has 2 rings (SSSR count). The van der Waals surface area contributed by atoms with Crippen molar-refractivity contribution >= 4 is 0 Å². The first-order valence-electron chi connectivity index (χ1n) is 5.78. The number of ether oxygens (including phenoxy) is 2. The van der Waals surface area contributed by atoms with Crippen LogP contribution in [0.4, 0.5) is 0 Å². The van der Waals surface area contributed by atoms with Crippen LogP contribution in [0.15, 0.2) is 30.3 Å². The van der Waals surface area contributed by atoms with Crippen molar-refractivity contribution in [1.82, 2.24) is 0 Å². The van der Waals surface area contributed by atoms with E-state index in [1.54, 1.807) is 0 Å². The highest BCUT2D eigenvalue weighted by Crippen LogP contribution is 2.15. The molecular formula is C13H18O3. The third-order valence-electron chi connectivity index (χ3n) is 2.79. The van der Waals surface area contributed by atoms with Crippen molar-refractivity contribution in [1.29, 1.82) is 0 Å². The van der Waals surface area contributed by atoms with Gasteiger partial charge in [0.1, 0.15) is 6.10 Å². The normalized spacial score (nSPS) is 22.2. The standard InChI is InChI=1S/C13H18O3/c14-13(11-5-2-1-3-6-11)10-15-9-12-7-4-8-16-12/h1-3,5-6,12-14H,4,7-10H2. The van der Waals surface area contributed by atoms with Crippen molar-refractivity contribution in [3.05, 3.63) is 35.9 Å². The van der Waals surface area contributed by atoms with E-state index in [2.05, 4.69) is 0 Å². The SMILES string of the molecule is OC(COCC1CCCO1)c1ccccc1. The van der Waals surface area contributed by atoms with Crippen molar-refractivity contribution in [2.45, 2.75) is 25.0 Å². The number of hydrogen-bond donors (Lipinski definition) is 1. The lowest BCUT2D eigenvalue weighted by Gasteiger charge is -2.14. The zero-order chi connectivity index (χ0) is 11.2. The van der Waals surface area contributed by atoms with Crippen LogP contribution in [0.1, 0.15) is 24.5 Å². The zero-order valence-electron chi connectivity index (χ0n) is 9.34. The molecule has 1 aromatic rings. The molecule has 0 saturated carbocycles. The van der Waals surface area contributed by atoms with E-state index in [4.69, 9.17) is 9.47 Å².